The third-order valence-electron chi connectivity index (χ3n) is 3.47. The van der Waals surface area contributed by atoms with Gasteiger partial charge in [0.25, 0.3) is 0 Å². The van der Waals surface area contributed by atoms with Crippen molar-refractivity contribution in [2.75, 3.05) is 29.2 Å². The molecular formula is C13H18N4OS2. The van der Waals surface area contributed by atoms with E-state index in [2.05, 4.69) is 33.6 Å². The Labute approximate surface area is 124 Å². The first-order chi connectivity index (χ1) is 9.65. The second kappa shape index (κ2) is 5.65. The summed E-state index contributed by atoms with van der Waals surface area (Å²) in [5.41, 5.74) is 0. The van der Waals surface area contributed by atoms with Gasteiger partial charge in [-0.3, -0.25) is 4.21 Å². The maximum absolute atomic E-state index is 11.4. The summed E-state index contributed by atoms with van der Waals surface area (Å²) < 4.78 is 11.4. The zero-order valence-electron chi connectivity index (χ0n) is 11.6. The van der Waals surface area contributed by atoms with Gasteiger partial charge in [-0.05, 0) is 25.8 Å². The number of aryl methyl sites for hydroxylation is 1. The van der Waals surface area contributed by atoms with Crippen LogP contribution in [0.1, 0.15) is 17.7 Å². The molecule has 0 unspecified atom stereocenters. The maximum Gasteiger partial charge on any atom is 0.225 e. The van der Waals surface area contributed by atoms with Crippen LogP contribution in [0.25, 0.3) is 10.2 Å². The summed E-state index contributed by atoms with van der Waals surface area (Å²) >= 11 is 1.68. The van der Waals surface area contributed by atoms with Crippen LogP contribution in [-0.4, -0.2) is 38.8 Å². The monoisotopic (exact) mass is 310 g/mol. The summed E-state index contributed by atoms with van der Waals surface area (Å²) in [5.74, 6) is 3.10. The molecule has 2 N–H and O–H groups in total. The summed E-state index contributed by atoms with van der Waals surface area (Å²) in [6.07, 6.45) is 1.88. The van der Waals surface area contributed by atoms with Crippen molar-refractivity contribution in [3.63, 3.8) is 0 Å². The van der Waals surface area contributed by atoms with E-state index < -0.39 is 10.8 Å². The molecule has 0 amide bonds. The van der Waals surface area contributed by atoms with Gasteiger partial charge in [0.15, 0.2) is 0 Å². The molecule has 108 valence electrons. The van der Waals surface area contributed by atoms with Gasteiger partial charge < -0.3 is 10.6 Å². The Morgan fingerprint density at radius 1 is 1.35 bits per heavy atom. The molecule has 0 saturated carbocycles. The normalized spacial score (nSPS) is 22.9. The van der Waals surface area contributed by atoms with E-state index in [-0.39, 0.29) is 0 Å². The van der Waals surface area contributed by atoms with Gasteiger partial charge in [0.05, 0.1) is 5.39 Å². The molecule has 7 heteroatoms. The van der Waals surface area contributed by atoms with Crippen molar-refractivity contribution in [3.05, 3.63) is 10.9 Å². The Hall–Kier alpha value is -1.21. The van der Waals surface area contributed by atoms with Gasteiger partial charge in [0, 0.05) is 40.3 Å². The molecule has 3 heterocycles. The fraction of sp³-hybridized carbons (Fsp3) is 0.538. The molecule has 5 nitrogen and oxygen atoms in total. The highest BCUT2D eigenvalue weighted by Crippen LogP contribution is 2.30. The predicted octanol–water partition coefficient (Wildman–Crippen LogP) is 2.36. The van der Waals surface area contributed by atoms with Gasteiger partial charge in [-0.1, -0.05) is 0 Å². The van der Waals surface area contributed by atoms with E-state index in [1.54, 1.807) is 11.3 Å². The Balaban J connectivity index is 1.91. The molecule has 3 rings (SSSR count). The zero-order chi connectivity index (χ0) is 14.1. The summed E-state index contributed by atoms with van der Waals surface area (Å²) in [6.45, 7) is 2.08. The van der Waals surface area contributed by atoms with Crippen molar-refractivity contribution in [2.45, 2.75) is 25.8 Å². The topological polar surface area (TPSA) is 66.9 Å². The summed E-state index contributed by atoms with van der Waals surface area (Å²) in [4.78, 5) is 11.3. The van der Waals surface area contributed by atoms with Gasteiger partial charge in [-0.15, -0.1) is 11.3 Å². The highest BCUT2D eigenvalue weighted by atomic mass is 32.2. The standard InChI is InChI=1S/C13H18N4OS2/c1-8-7-10-11(15-9-3-5-20(18)6-4-9)16-13(14-2)17-12(10)19-8/h7,9H,3-6H2,1-2H3,(H2,14,15,16,17). The molecule has 0 radical (unpaired) electrons. The maximum atomic E-state index is 11.4. The van der Waals surface area contributed by atoms with E-state index in [0.29, 0.717) is 12.0 Å². The van der Waals surface area contributed by atoms with Crippen LogP contribution in [0.4, 0.5) is 11.8 Å². The molecule has 1 saturated heterocycles. The zero-order valence-corrected chi connectivity index (χ0v) is 13.2. The van der Waals surface area contributed by atoms with E-state index in [4.69, 9.17) is 0 Å². The average Bonchev–Trinajstić information content (AvgIpc) is 2.81. The third kappa shape index (κ3) is 2.78. The number of hydrogen-bond donors (Lipinski definition) is 2. The fourth-order valence-electron chi connectivity index (χ4n) is 2.40. The summed E-state index contributed by atoms with van der Waals surface area (Å²) in [7, 11) is 1.20. The minimum Gasteiger partial charge on any atom is -0.367 e. The first kappa shape index (κ1) is 13.8. The number of fused-ring (bicyclic) bond motifs is 1. The molecule has 0 spiro atoms. The molecule has 20 heavy (non-hydrogen) atoms. The van der Waals surface area contributed by atoms with Crippen LogP contribution in [0.2, 0.25) is 0 Å². The van der Waals surface area contributed by atoms with Crippen molar-refractivity contribution < 1.29 is 4.21 Å². The molecule has 1 aliphatic heterocycles. The molecule has 0 atom stereocenters. The number of nitrogens with one attached hydrogen (secondary N) is 2. The highest BCUT2D eigenvalue weighted by molar-refractivity contribution is 7.85. The number of nitrogens with zero attached hydrogens (tertiary/aromatic N) is 2. The lowest BCUT2D eigenvalue weighted by atomic mass is 10.1. The van der Waals surface area contributed by atoms with Crippen LogP contribution >= 0.6 is 11.3 Å². The predicted molar refractivity (Wildman–Crippen MR) is 86.2 cm³/mol. The largest absolute Gasteiger partial charge is 0.367 e. The van der Waals surface area contributed by atoms with E-state index in [1.807, 2.05) is 7.05 Å². The number of anilines is 2. The van der Waals surface area contributed by atoms with Crippen LogP contribution in [0.15, 0.2) is 6.07 Å². The molecule has 0 bridgehead atoms. The van der Waals surface area contributed by atoms with E-state index in [1.165, 1.54) is 4.88 Å². The van der Waals surface area contributed by atoms with E-state index in [9.17, 15) is 4.21 Å². The molecular weight excluding hydrogens is 292 g/mol. The van der Waals surface area contributed by atoms with Crippen LogP contribution < -0.4 is 10.6 Å². The SMILES string of the molecule is CNc1nc(NC2CCS(=O)CC2)c2cc(C)sc2n1. The van der Waals surface area contributed by atoms with Gasteiger partial charge in [-0.2, -0.15) is 4.98 Å². The van der Waals surface area contributed by atoms with Crippen molar-refractivity contribution >= 4 is 44.1 Å². The Kier molecular flexibility index (Phi) is 3.89. The smallest absolute Gasteiger partial charge is 0.225 e. The lowest BCUT2D eigenvalue weighted by Gasteiger charge is -2.23. The first-order valence-electron chi connectivity index (χ1n) is 6.73. The van der Waals surface area contributed by atoms with Crippen molar-refractivity contribution in [3.8, 4) is 0 Å². The fourth-order valence-corrected chi connectivity index (χ4v) is 4.57. The Morgan fingerprint density at radius 2 is 2.10 bits per heavy atom. The minimum absolute atomic E-state index is 0.357. The van der Waals surface area contributed by atoms with Crippen LogP contribution in [-0.2, 0) is 10.8 Å². The van der Waals surface area contributed by atoms with Crippen molar-refractivity contribution in [1.29, 1.82) is 0 Å². The molecule has 1 aliphatic rings. The molecule has 2 aromatic heterocycles. The van der Waals surface area contributed by atoms with Gasteiger partial charge >= 0.3 is 0 Å². The number of rotatable bonds is 3. The molecule has 0 aliphatic carbocycles. The molecule has 1 fully saturated rings. The van der Waals surface area contributed by atoms with Gasteiger partial charge in [0.2, 0.25) is 5.95 Å². The second-order valence-corrected chi connectivity index (χ2v) is 7.92. The van der Waals surface area contributed by atoms with Crippen molar-refractivity contribution in [2.24, 2.45) is 0 Å². The quantitative estimate of drug-likeness (QED) is 0.911. The highest BCUT2D eigenvalue weighted by Gasteiger charge is 2.19. The lowest BCUT2D eigenvalue weighted by molar-refractivity contribution is 0.623. The minimum atomic E-state index is -0.631. The van der Waals surface area contributed by atoms with Crippen molar-refractivity contribution in [1.82, 2.24) is 9.97 Å². The number of hydrogen-bond acceptors (Lipinski definition) is 6. The van der Waals surface area contributed by atoms with Crippen LogP contribution in [0.5, 0.6) is 0 Å². The third-order valence-corrected chi connectivity index (χ3v) is 5.79. The number of aromatic nitrogens is 2. The van der Waals surface area contributed by atoms with Gasteiger partial charge in [0.1, 0.15) is 10.6 Å². The molecule has 2 aromatic rings. The van der Waals surface area contributed by atoms with E-state index >= 15 is 0 Å². The number of thiophene rings is 1. The van der Waals surface area contributed by atoms with E-state index in [0.717, 1.165) is 40.4 Å². The summed E-state index contributed by atoms with van der Waals surface area (Å²) in [6, 6.07) is 2.48. The summed E-state index contributed by atoms with van der Waals surface area (Å²) in [5, 5.41) is 7.60. The molecule has 0 aromatic carbocycles. The Morgan fingerprint density at radius 3 is 2.80 bits per heavy atom. The van der Waals surface area contributed by atoms with Crippen LogP contribution in [0, 0.1) is 6.92 Å². The van der Waals surface area contributed by atoms with Crippen LogP contribution in [0.3, 0.4) is 0 Å². The lowest BCUT2D eigenvalue weighted by Crippen LogP contribution is -2.29. The van der Waals surface area contributed by atoms with Gasteiger partial charge in [-0.25, -0.2) is 4.98 Å². The first-order valence-corrected chi connectivity index (χ1v) is 9.03. The average molecular weight is 310 g/mol. The second-order valence-electron chi connectivity index (χ2n) is 4.99. The Bertz CT molecular complexity index is 645.